The molecule has 0 spiro atoms. The molecule has 11 nitrogen and oxygen atoms in total. The monoisotopic (exact) mass is 552 g/mol. The van der Waals surface area contributed by atoms with Crippen LogP contribution in [-0.4, -0.2) is 83.6 Å². The average molecular weight is 553 g/mol. The van der Waals surface area contributed by atoms with Crippen molar-refractivity contribution in [2.24, 2.45) is 0 Å². The van der Waals surface area contributed by atoms with Crippen LogP contribution in [0.25, 0.3) is 11.3 Å². The Balaban J connectivity index is 1.60. The van der Waals surface area contributed by atoms with Crippen LogP contribution in [0.3, 0.4) is 0 Å². The number of amides is 2. The molecule has 3 rings (SSSR count). The zero-order valence-electron chi connectivity index (χ0n) is 23.6. The summed E-state index contributed by atoms with van der Waals surface area (Å²) in [5.74, 6) is 0.575. The van der Waals surface area contributed by atoms with Gasteiger partial charge in [0.15, 0.2) is 0 Å². The van der Waals surface area contributed by atoms with Crippen LogP contribution in [0.1, 0.15) is 26.0 Å². The Kier molecular flexibility index (Phi) is 11.1. The van der Waals surface area contributed by atoms with Crippen molar-refractivity contribution in [1.82, 2.24) is 30.2 Å². The molecule has 12 heteroatoms. The second kappa shape index (κ2) is 14.7. The van der Waals surface area contributed by atoms with E-state index in [0.717, 1.165) is 6.42 Å². The quantitative estimate of drug-likeness (QED) is 0.258. The van der Waals surface area contributed by atoms with E-state index in [0.29, 0.717) is 60.5 Å². The minimum absolute atomic E-state index is 0.240. The highest BCUT2D eigenvalue weighted by molar-refractivity contribution is 5.92. The number of nitrogens with one attached hydrogen (secondary N) is 3. The van der Waals surface area contributed by atoms with Gasteiger partial charge in [-0.25, -0.2) is 9.37 Å². The van der Waals surface area contributed by atoms with Crippen LogP contribution < -0.4 is 16.0 Å². The van der Waals surface area contributed by atoms with Gasteiger partial charge in [0.25, 0.3) is 0 Å². The number of nitrogens with zero attached hydrogens (tertiary/aromatic N) is 5. The number of carbonyl (C=O) groups excluding carboxylic acids is 2. The largest absolute Gasteiger partial charge is 0.369 e. The summed E-state index contributed by atoms with van der Waals surface area (Å²) in [5, 5.41) is 13.3. The Labute approximate surface area is 233 Å². The number of hydrogen-bond acceptors (Lipinski definition) is 9. The number of anilines is 3. The Hall–Kier alpha value is -4.32. The number of benzene rings is 1. The van der Waals surface area contributed by atoms with Gasteiger partial charge in [-0.3, -0.25) is 9.59 Å². The smallest absolute Gasteiger partial charge is 0.246 e. The van der Waals surface area contributed by atoms with Crippen LogP contribution in [0, 0.1) is 5.82 Å². The number of rotatable bonds is 14. The summed E-state index contributed by atoms with van der Waals surface area (Å²) >= 11 is 0. The molecule has 0 radical (unpaired) electrons. The van der Waals surface area contributed by atoms with E-state index in [4.69, 9.17) is 4.52 Å². The third-order valence-electron chi connectivity index (χ3n) is 5.96. The van der Waals surface area contributed by atoms with E-state index in [1.165, 1.54) is 23.1 Å². The molecule has 2 aromatic heterocycles. The van der Waals surface area contributed by atoms with Gasteiger partial charge < -0.3 is 30.3 Å². The zero-order valence-corrected chi connectivity index (χ0v) is 23.6. The molecule has 40 heavy (non-hydrogen) atoms. The molecule has 0 saturated carbocycles. The normalized spacial score (nSPS) is 12.0. The van der Waals surface area contributed by atoms with Gasteiger partial charge in [0.1, 0.15) is 29.1 Å². The Morgan fingerprint density at radius 2 is 1.98 bits per heavy atom. The van der Waals surface area contributed by atoms with Gasteiger partial charge in [0.05, 0.1) is 5.56 Å². The molecule has 214 valence electrons. The highest BCUT2D eigenvalue weighted by atomic mass is 19.1. The maximum absolute atomic E-state index is 13.6. The lowest BCUT2D eigenvalue weighted by atomic mass is 10.2. The molecule has 0 aliphatic rings. The van der Waals surface area contributed by atoms with E-state index in [1.807, 2.05) is 25.9 Å². The summed E-state index contributed by atoms with van der Waals surface area (Å²) in [6.07, 6.45) is 6.14. The topological polar surface area (TPSA) is 129 Å². The summed E-state index contributed by atoms with van der Waals surface area (Å²) in [6, 6.07) is 7.19. The van der Waals surface area contributed by atoms with Crippen molar-refractivity contribution < 1.29 is 18.5 Å². The maximum Gasteiger partial charge on any atom is 0.246 e. The molecular weight excluding hydrogens is 515 g/mol. The summed E-state index contributed by atoms with van der Waals surface area (Å²) < 4.78 is 19.0. The number of carbonyl (C=O) groups is 2. The highest BCUT2D eigenvalue weighted by Crippen LogP contribution is 2.27. The minimum Gasteiger partial charge on any atom is -0.369 e. The van der Waals surface area contributed by atoms with Crippen molar-refractivity contribution in [3.05, 3.63) is 60.3 Å². The fourth-order valence-corrected chi connectivity index (χ4v) is 3.57. The lowest BCUT2D eigenvalue weighted by Crippen LogP contribution is -2.45. The molecule has 3 aromatic rings. The van der Waals surface area contributed by atoms with E-state index in [2.05, 4.69) is 31.1 Å². The number of likely N-dealkylation sites (N-methyl/N-ethyl adjacent to an activating group) is 2. The van der Waals surface area contributed by atoms with Gasteiger partial charge >= 0.3 is 0 Å². The molecular formula is C28H37FN8O3. The van der Waals surface area contributed by atoms with Gasteiger partial charge in [0.2, 0.25) is 17.8 Å². The number of hydrogen-bond donors (Lipinski definition) is 3. The Morgan fingerprint density at radius 1 is 1.18 bits per heavy atom. The second-order valence-corrected chi connectivity index (χ2v) is 9.53. The first kappa shape index (κ1) is 30.2. The standard InChI is InChI=1S/C28H37FN8O3/c1-6-13-30-26-23(18-32-28(34-26)33-21-10-7-9-20(29)16-21)24-17-22(40-35-24)12-14-31-27(39)19(2)37(5)25(38)11-8-15-36(3)4/h7-11,16-19H,6,12-15H2,1-5H3,(H,31,39)(H2,30,32,33,34)/t19-/m0/s1. The fraction of sp³-hybridized carbons (Fsp3) is 0.393. The first-order valence-electron chi connectivity index (χ1n) is 13.1. The zero-order chi connectivity index (χ0) is 29.1. The Morgan fingerprint density at radius 3 is 2.70 bits per heavy atom. The van der Waals surface area contributed by atoms with Gasteiger partial charge in [0, 0.05) is 57.1 Å². The molecule has 0 bridgehead atoms. The molecule has 1 atom stereocenters. The molecule has 2 amide bonds. The predicted molar refractivity (Wildman–Crippen MR) is 153 cm³/mol. The molecule has 0 unspecified atom stereocenters. The van der Waals surface area contributed by atoms with Crippen LogP contribution in [0.5, 0.6) is 0 Å². The van der Waals surface area contributed by atoms with Gasteiger partial charge in [-0.05, 0) is 45.6 Å². The Bertz CT molecular complexity index is 1310. The van der Waals surface area contributed by atoms with Crippen molar-refractivity contribution in [2.45, 2.75) is 32.7 Å². The third kappa shape index (κ3) is 8.87. The number of aromatic nitrogens is 3. The van der Waals surface area contributed by atoms with Crippen LogP contribution in [0.4, 0.5) is 21.8 Å². The minimum atomic E-state index is -0.634. The summed E-state index contributed by atoms with van der Waals surface area (Å²) in [4.78, 5) is 37.1. The van der Waals surface area contributed by atoms with Crippen molar-refractivity contribution in [3.63, 3.8) is 0 Å². The van der Waals surface area contributed by atoms with E-state index >= 15 is 0 Å². The fourth-order valence-electron chi connectivity index (χ4n) is 3.57. The third-order valence-corrected chi connectivity index (χ3v) is 5.96. The maximum atomic E-state index is 13.6. The van der Waals surface area contributed by atoms with Gasteiger partial charge in [-0.2, -0.15) is 4.98 Å². The van der Waals surface area contributed by atoms with Crippen LogP contribution >= 0.6 is 0 Å². The molecule has 0 aliphatic heterocycles. The molecule has 3 N–H and O–H groups in total. The summed E-state index contributed by atoms with van der Waals surface area (Å²) in [6.45, 7) is 5.35. The second-order valence-electron chi connectivity index (χ2n) is 9.53. The van der Waals surface area contributed by atoms with Crippen molar-refractivity contribution >= 4 is 29.3 Å². The van der Waals surface area contributed by atoms with Crippen LogP contribution in [0.2, 0.25) is 0 Å². The SMILES string of the molecule is CCCNc1nc(Nc2cccc(F)c2)ncc1-c1cc(CCNC(=O)[C@H](C)N(C)C(=O)C=CCN(C)C)on1. The van der Waals surface area contributed by atoms with Gasteiger partial charge in [-0.15, -0.1) is 0 Å². The van der Waals surface area contributed by atoms with Crippen LogP contribution in [0.15, 0.2) is 53.2 Å². The van der Waals surface area contributed by atoms with Crippen molar-refractivity contribution in [3.8, 4) is 11.3 Å². The summed E-state index contributed by atoms with van der Waals surface area (Å²) in [7, 11) is 5.42. The van der Waals surface area contributed by atoms with Crippen molar-refractivity contribution in [2.75, 3.05) is 51.4 Å². The molecule has 0 aliphatic carbocycles. The highest BCUT2D eigenvalue weighted by Gasteiger charge is 2.21. The van der Waals surface area contributed by atoms with Gasteiger partial charge in [-0.1, -0.05) is 24.2 Å². The van der Waals surface area contributed by atoms with Crippen molar-refractivity contribution in [1.29, 1.82) is 0 Å². The molecule has 0 fully saturated rings. The lowest BCUT2D eigenvalue weighted by Gasteiger charge is -2.22. The number of halogens is 1. The average Bonchev–Trinajstić information content (AvgIpc) is 3.39. The predicted octanol–water partition coefficient (Wildman–Crippen LogP) is 3.46. The molecule has 1 aromatic carbocycles. The summed E-state index contributed by atoms with van der Waals surface area (Å²) in [5.41, 5.74) is 1.72. The lowest BCUT2D eigenvalue weighted by molar-refractivity contribution is -0.135. The molecule has 2 heterocycles. The van der Waals surface area contributed by atoms with E-state index in [1.54, 1.807) is 44.4 Å². The van der Waals surface area contributed by atoms with Crippen LogP contribution in [-0.2, 0) is 16.0 Å². The van der Waals surface area contributed by atoms with E-state index in [-0.39, 0.29) is 17.6 Å². The van der Waals surface area contributed by atoms with E-state index in [9.17, 15) is 14.0 Å². The first-order valence-corrected chi connectivity index (χ1v) is 13.1. The van der Waals surface area contributed by atoms with E-state index < -0.39 is 6.04 Å². The first-order chi connectivity index (χ1) is 19.2. The molecule has 0 saturated heterocycles.